The van der Waals surface area contributed by atoms with Crippen molar-refractivity contribution in [2.24, 2.45) is 10.7 Å². The Kier molecular flexibility index (Phi) is 5.23. The second-order valence-electron chi connectivity index (χ2n) is 5.77. The van der Waals surface area contributed by atoms with Crippen LogP contribution in [0.4, 0.5) is 0 Å². The van der Waals surface area contributed by atoms with Gasteiger partial charge in [0.25, 0.3) is 5.91 Å². The number of furan rings is 1. The van der Waals surface area contributed by atoms with Crippen molar-refractivity contribution in [1.29, 1.82) is 0 Å². The van der Waals surface area contributed by atoms with Gasteiger partial charge in [0.2, 0.25) is 0 Å². The molecule has 0 spiro atoms. The Balaban J connectivity index is 1.45. The van der Waals surface area contributed by atoms with Crippen LogP contribution < -0.4 is 21.1 Å². The molecule has 0 saturated carbocycles. The number of fused-ring (bicyclic) bond motifs is 1. The van der Waals surface area contributed by atoms with Crippen LogP contribution in [-0.4, -0.2) is 32.1 Å². The Morgan fingerprint density at radius 1 is 1.28 bits per heavy atom. The number of guanidine groups is 1. The van der Waals surface area contributed by atoms with Gasteiger partial charge in [-0.05, 0) is 35.7 Å². The number of hydrogen-bond donors (Lipinski definition) is 3. The van der Waals surface area contributed by atoms with Gasteiger partial charge < -0.3 is 25.5 Å². The molecule has 7 nitrogen and oxygen atoms in total. The molecule has 2 heterocycles. The minimum atomic E-state index is -0.575. The highest BCUT2D eigenvalue weighted by Gasteiger charge is 2.12. The summed E-state index contributed by atoms with van der Waals surface area (Å²) in [6.45, 7) is 1.95. The summed E-state index contributed by atoms with van der Waals surface area (Å²) in [6.07, 6.45) is 1.87. The molecule has 0 saturated heterocycles. The predicted octanol–water partition coefficient (Wildman–Crippen LogP) is 1.22. The number of benzene rings is 1. The zero-order valence-corrected chi connectivity index (χ0v) is 14.2. The topological polar surface area (TPSA) is 102 Å². The number of amides is 1. The summed E-state index contributed by atoms with van der Waals surface area (Å²) in [7, 11) is 1.71. The Labute approximate surface area is 146 Å². The van der Waals surface area contributed by atoms with Crippen molar-refractivity contribution in [2.75, 3.05) is 20.2 Å². The molecular formula is C18H22N4O3. The van der Waals surface area contributed by atoms with E-state index in [1.165, 1.54) is 11.1 Å². The van der Waals surface area contributed by atoms with Crippen LogP contribution in [0.2, 0.25) is 0 Å². The molecule has 1 aromatic carbocycles. The number of carbonyl (C=O) groups is 1. The van der Waals surface area contributed by atoms with Crippen molar-refractivity contribution in [3.8, 4) is 5.75 Å². The quantitative estimate of drug-likeness (QED) is 0.541. The van der Waals surface area contributed by atoms with Gasteiger partial charge in [0, 0.05) is 20.0 Å². The number of primary amides is 1. The van der Waals surface area contributed by atoms with Crippen LogP contribution in [0.1, 0.15) is 27.4 Å². The first-order valence-corrected chi connectivity index (χ1v) is 8.23. The molecular weight excluding hydrogens is 320 g/mol. The van der Waals surface area contributed by atoms with Gasteiger partial charge in [-0.3, -0.25) is 9.79 Å². The van der Waals surface area contributed by atoms with Crippen LogP contribution in [0.25, 0.3) is 0 Å². The lowest BCUT2D eigenvalue weighted by atomic mass is 10.1. The van der Waals surface area contributed by atoms with Gasteiger partial charge in [0.1, 0.15) is 11.5 Å². The molecule has 7 heteroatoms. The number of nitrogens with two attached hydrogens (primary N) is 1. The van der Waals surface area contributed by atoms with Gasteiger partial charge in [-0.2, -0.15) is 0 Å². The van der Waals surface area contributed by atoms with Crippen molar-refractivity contribution >= 4 is 11.9 Å². The third-order valence-electron chi connectivity index (χ3n) is 4.02. The highest BCUT2D eigenvalue weighted by Crippen LogP contribution is 2.25. The van der Waals surface area contributed by atoms with E-state index < -0.39 is 5.91 Å². The molecule has 0 atom stereocenters. The summed E-state index contributed by atoms with van der Waals surface area (Å²) < 4.78 is 10.8. The van der Waals surface area contributed by atoms with Crippen LogP contribution >= 0.6 is 0 Å². The average molecular weight is 342 g/mol. The van der Waals surface area contributed by atoms with Crippen molar-refractivity contribution in [3.63, 3.8) is 0 Å². The lowest BCUT2D eigenvalue weighted by Gasteiger charge is -2.11. The number of hydrogen-bond acceptors (Lipinski definition) is 4. The monoisotopic (exact) mass is 342 g/mol. The zero-order valence-electron chi connectivity index (χ0n) is 14.2. The van der Waals surface area contributed by atoms with Gasteiger partial charge in [-0.15, -0.1) is 0 Å². The maximum atomic E-state index is 11.0. The standard InChI is InChI=1S/C18H22N4O3/c1-20-18(22-11-14-3-5-16(25-14)17(19)23)21-8-6-12-2-4-15-13(10-12)7-9-24-15/h2-5,10H,6-9,11H2,1H3,(H2,19,23)(H2,20,21,22). The molecule has 3 rings (SSSR count). The van der Waals surface area contributed by atoms with Gasteiger partial charge in [0.05, 0.1) is 13.2 Å². The number of aliphatic imine (C=N–C) groups is 1. The number of nitrogens with zero attached hydrogens (tertiary/aromatic N) is 1. The summed E-state index contributed by atoms with van der Waals surface area (Å²) in [5.41, 5.74) is 7.72. The molecule has 4 N–H and O–H groups in total. The number of rotatable bonds is 6. The minimum absolute atomic E-state index is 0.153. The fraction of sp³-hybridized carbons (Fsp3) is 0.333. The van der Waals surface area contributed by atoms with Crippen molar-refractivity contribution in [2.45, 2.75) is 19.4 Å². The summed E-state index contributed by atoms with van der Waals surface area (Å²) in [5.74, 6) is 1.87. The first kappa shape index (κ1) is 16.9. The van der Waals surface area contributed by atoms with Crippen LogP contribution in [0.3, 0.4) is 0 Å². The lowest BCUT2D eigenvalue weighted by Crippen LogP contribution is -2.37. The van der Waals surface area contributed by atoms with Crippen LogP contribution in [0.5, 0.6) is 5.75 Å². The second kappa shape index (κ2) is 7.74. The maximum Gasteiger partial charge on any atom is 0.284 e. The first-order valence-electron chi connectivity index (χ1n) is 8.23. The van der Waals surface area contributed by atoms with Crippen LogP contribution in [-0.2, 0) is 19.4 Å². The normalized spacial score (nSPS) is 13.2. The van der Waals surface area contributed by atoms with Crippen LogP contribution in [0.15, 0.2) is 39.7 Å². The molecule has 0 unspecified atom stereocenters. The fourth-order valence-corrected chi connectivity index (χ4v) is 2.72. The van der Waals surface area contributed by atoms with E-state index in [0.717, 1.165) is 31.7 Å². The van der Waals surface area contributed by atoms with E-state index in [1.54, 1.807) is 19.2 Å². The van der Waals surface area contributed by atoms with E-state index in [4.69, 9.17) is 14.9 Å². The molecule has 1 aromatic heterocycles. The third-order valence-corrected chi connectivity index (χ3v) is 4.02. The molecule has 0 radical (unpaired) electrons. The first-order chi connectivity index (χ1) is 12.2. The Bertz CT molecular complexity index is 782. The number of carbonyl (C=O) groups excluding carboxylic acids is 1. The molecule has 1 amide bonds. The van der Waals surface area contributed by atoms with E-state index in [0.29, 0.717) is 18.3 Å². The van der Waals surface area contributed by atoms with E-state index in [9.17, 15) is 4.79 Å². The SMILES string of the molecule is CN=C(NCCc1ccc2c(c1)CCO2)NCc1ccc(C(N)=O)o1. The zero-order chi connectivity index (χ0) is 17.6. The van der Waals surface area contributed by atoms with E-state index in [2.05, 4.69) is 27.8 Å². The van der Waals surface area contributed by atoms with Gasteiger partial charge in [0.15, 0.2) is 11.7 Å². The second-order valence-corrected chi connectivity index (χ2v) is 5.77. The number of ether oxygens (including phenoxy) is 1. The molecule has 1 aliphatic rings. The van der Waals surface area contributed by atoms with E-state index >= 15 is 0 Å². The minimum Gasteiger partial charge on any atom is -0.493 e. The van der Waals surface area contributed by atoms with Gasteiger partial charge in [-0.25, -0.2) is 0 Å². The Hall–Kier alpha value is -2.96. The Morgan fingerprint density at radius 3 is 2.92 bits per heavy atom. The smallest absolute Gasteiger partial charge is 0.284 e. The fourth-order valence-electron chi connectivity index (χ4n) is 2.72. The van der Waals surface area contributed by atoms with Crippen molar-refractivity contribution in [3.05, 3.63) is 53.0 Å². The lowest BCUT2D eigenvalue weighted by molar-refractivity contribution is 0.0972. The summed E-state index contributed by atoms with van der Waals surface area (Å²) in [4.78, 5) is 15.2. The molecule has 0 fully saturated rings. The Morgan fingerprint density at radius 2 is 2.16 bits per heavy atom. The third kappa shape index (κ3) is 4.32. The van der Waals surface area contributed by atoms with E-state index in [1.807, 2.05) is 6.07 Å². The van der Waals surface area contributed by atoms with Crippen molar-refractivity contribution < 1.29 is 13.9 Å². The molecule has 25 heavy (non-hydrogen) atoms. The molecule has 132 valence electrons. The molecule has 0 aliphatic carbocycles. The molecule has 0 bridgehead atoms. The summed E-state index contributed by atoms with van der Waals surface area (Å²) in [6, 6.07) is 9.61. The summed E-state index contributed by atoms with van der Waals surface area (Å²) >= 11 is 0. The highest BCUT2D eigenvalue weighted by molar-refractivity contribution is 5.89. The molecule has 2 aromatic rings. The predicted molar refractivity (Wildman–Crippen MR) is 94.8 cm³/mol. The average Bonchev–Trinajstić information content (AvgIpc) is 3.26. The van der Waals surface area contributed by atoms with Crippen LogP contribution in [0, 0.1) is 0 Å². The van der Waals surface area contributed by atoms with Crippen molar-refractivity contribution in [1.82, 2.24) is 10.6 Å². The summed E-state index contributed by atoms with van der Waals surface area (Å²) in [5, 5.41) is 6.40. The van der Waals surface area contributed by atoms with E-state index in [-0.39, 0.29) is 5.76 Å². The highest BCUT2D eigenvalue weighted by atomic mass is 16.5. The van der Waals surface area contributed by atoms with Gasteiger partial charge >= 0.3 is 0 Å². The number of nitrogens with one attached hydrogen (secondary N) is 2. The van der Waals surface area contributed by atoms with Gasteiger partial charge in [-0.1, -0.05) is 12.1 Å². The maximum absolute atomic E-state index is 11.0. The molecule has 1 aliphatic heterocycles. The largest absolute Gasteiger partial charge is 0.493 e.